The van der Waals surface area contributed by atoms with Gasteiger partial charge in [0.25, 0.3) is 0 Å². The fourth-order valence-electron chi connectivity index (χ4n) is 4.14. The molecule has 178 valence electrons. The maximum atomic E-state index is 12.7. The minimum Gasteiger partial charge on any atom is -0.487 e. The molecule has 2 aromatic heterocycles. The van der Waals surface area contributed by atoms with Crippen LogP contribution in [0.4, 0.5) is 0 Å². The summed E-state index contributed by atoms with van der Waals surface area (Å²) in [5.74, 6) is 0.436. The van der Waals surface area contributed by atoms with Gasteiger partial charge in [0, 0.05) is 12.4 Å². The van der Waals surface area contributed by atoms with Crippen LogP contribution < -0.4 is 9.47 Å². The Labute approximate surface area is 205 Å². The van der Waals surface area contributed by atoms with Crippen molar-refractivity contribution >= 4 is 5.97 Å². The molecule has 1 N–H and O–H groups in total. The molecule has 2 heterocycles. The number of rotatable bonds is 11. The maximum Gasteiger partial charge on any atom is 0.318 e. The molecule has 0 atom stereocenters. The van der Waals surface area contributed by atoms with Crippen LogP contribution in [0.25, 0.3) is 0 Å². The largest absolute Gasteiger partial charge is 0.487 e. The van der Waals surface area contributed by atoms with Crippen molar-refractivity contribution in [2.45, 2.75) is 38.4 Å². The van der Waals surface area contributed by atoms with Crippen molar-refractivity contribution in [3.8, 4) is 11.5 Å². The summed E-state index contributed by atoms with van der Waals surface area (Å²) in [6, 6.07) is 25.9. The highest BCUT2D eigenvalue weighted by atomic mass is 16.5. The highest BCUT2D eigenvalue weighted by molar-refractivity contribution is 5.86. The van der Waals surface area contributed by atoms with Gasteiger partial charge in [-0.15, -0.1) is 0 Å². The van der Waals surface area contributed by atoms with Crippen LogP contribution in [0.1, 0.15) is 42.3 Å². The normalized spacial score (nSPS) is 11.1. The van der Waals surface area contributed by atoms with E-state index >= 15 is 0 Å². The van der Waals surface area contributed by atoms with E-state index in [1.54, 1.807) is 12.4 Å². The molecule has 2 aromatic carbocycles. The number of hydrogen-bond acceptors (Lipinski definition) is 5. The lowest BCUT2D eigenvalue weighted by Crippen LogP contribution is -2.37. The molecule has 0 bridgehead atoms. The first-order valence-electron chi connectivity index (χ1n) is 11.6. The van der Waals surface area contributed by atoms with E-state index in [0.717, 1.165) is 11.4 Å². The molecule has 0 saturated carbocycles. The van der Waals surface area contributed by atoms with Crippen molar-refractivity contribution < 1.29 is 19.4 Å². The molecule has 0 unspecified atom stereocenters. The second-order valence-corrected chi connectivity index (χ2v) is 8.23. The SMILES string of the molecule is CCCC(C(=O)O)(c1ccc(OCc2ccccn2)cc1)c1ccc(OCc2ccccn2)cc1. The number of ether oxygens (including phenoxy) is 2. The van der Waals surface area contributed by atoms with E-state index in [9.17, 15) is 9.90 Å². The predicted octanol–water partition coefficient (Wildman–Crippen LogP) is 5.81. The van der Waals surface area contributed by atoms with Crippen LogP contribution in [0.3, 0.4) is 0 Å². The van der Waals surface area contributed by atoms with Crippen LogP contribution in [-0.2, 0) is 23.4 Å². The van der Waals surface area contributed by atoms with Crippen LogP contribution in [0.5, 0.6) is 11.5 Å². The lowest BCUT2D eigenvalue weighted by Gasteiger charge is -2.31. The summed E-state index contributed by atoms with van der Waals surface area (Å²) in [5.41, 5.74) is 1.90. The van der Waals surface area contributed by atoms with Crippen molar-refractivity contribution in [1.29, 1.82) is 0 Å². The summed E-state index contributed by atoms with van der Waals surface area (Å²) in [6.07, 6.45) is 4.62. The molecule has 35 heavy (non-hydrogen) atoms. The van der Waals surface area contributed by atoms with Gasteiger partial charge < -0.3 is 14.6 Å². The van der Waals surface area contributed by atoms with Crippen LogP contribution >= 0.6 is 0 Å². The number of benzene rings is 2. The molecule has 0 fully saturated rings. The van der Waals surface area contributed by atoms with E-state index in [-0.39, 0.29) is 0 Å². The Hall–Kier alpha value is -4.19. The van der Waals surface area contributed by atoms with Crippen molar-refractivity contribution in [2.24, 2.45) is 0 Å². The number of carboxylic acids is 1. The Morgan fingerprint density at radius 1 is 0.743 bits per heavy atom. The molecular weight excluding hydrogens is 440 g/mol. The smallest absolute Gasteiger partial charge is 0.318 e. The van der Waals surface area contributed by atoms with Gasteiger partial charge in [0.15, 0.2) is 0 Å². The monoisotopic (exact) mass is 468 g/mol. The Morgan fingerprint density at radius 2 is 1.20 bits per heavy atom. The molecule has 0 aliphatic rings. The fraction of sp³-hybridized carbons (Fsp3) is 0.207. The van der Waals surface area contributed by atoms with E-state index in [0.29, 0.717) is 48.7 Å². The molecule has 0 spiro atoms. The van der Waals surface area contributed by atoms with Gasteiger partial charge in [0.1, 0.15) is 30.1 Å². The fourth-order valence-corrected chi connectivity index (χ4v) is 4.14. The first-order chi connectivity index (χ1) is 17.1. The number of aromatic nitrogens is 2. The van der Waals surface area contributed by atoms with Gasteiger partial charge in [0.05, 0.1) is 11.4 Å². The molecule has 6 nitrogen and oxygen atoms in total. The van der Waals surface area contributed by atoms with Gasteiger partial charge in [-0.25, -0.2) is 0 Å². The van der Waals surface area contributed by atoms with E-state index in [1.807, 2.05) is 91.9 Å². The molecular formula is C29H28N2O4. The Bertz CT molecular complexity index is 1120. The molecule has 0 amide bonds. The van der Waals surface area contributed by atoms with Gasteiger partial charge in [-0.1, -0.05) is 49.7 Å². The standard InChI is InChI=1S/C29H28N2O4/c1-2-17-29(28(32)33,22-9-13-26(14-10-22)34-20-24-7-3-5-18-30-24)23-11-15-27(16-12-23)35-21-25-8-4-6-19-31-25/h3-16,18-19H,2,17,20-21H2,1H3,(H,32,33). The third kappa shape index (κ3) is 5.66. The average Bonchev–Trinajstić information content (AvgIpc) is 2.91. The van der Waals surface area contributed by atoms with E-state index < -0.39 is 11.4 Å². The van der Waals surface area contributed by atoms with Crippen LogP contribution in [-0.4, -0.2) is 21.0 Å². The third-order valence-corrected chi connectivity index (χ3v) is 5.91. The maximum absolute atomic E-state index is 12.7. The predicted molar refractivity (Wildman–Crippen MR) is 133 cm³/mol. The lowest BCUT2D eigenvalue weighted by molar-refractivity contribution is -0.142. The molecule has 6 heteroatoms. The first-order valence-corrected chi connectivity index (χ1v) is 11.6. The summed E-state index contributed by atoms with van der Waals surface area (Å²) >= 11 is 0. The molecule has 0 radical (unpaired) electrons. The van der Waals surface area contributed by atoms with Gasteiger partial charge in [-0.3, -0.25) is 14.8 Å². The van der Waals surface area contributed by atoms with Gasteiger partial charge >= 0.3 is 5.97 Å². The summed E-state index contributed by atoms with van der Waals surface area (Å²) < 4.78 is 11.7. The second kappa shape index (κ2) is 11.3. The number of aliphatic carboxylic acids is 1. The van der Waals surface area contributed by atoms with Gasteiger partial charge in [-0.2, -0.15) is 0 Å². The lowest BCUT2D eigenvalue weighted by atomic mass is 9.71. The Balaban J connectivity index is 1.54. The molecule has 4 rings (SSSR count). The summed E-state index contributed by atoms with van der Waals surface area (Å²) in [7, 11) is 0. The van der Waals surface area contributed by atoms with Crippen molar-refractivity contribution in [3.05, 3.63) is 120 Å². The number of carbonyl (C=O) groups is 1. The van der Waals surface area contributed by atoms with Crippen molar-refractivity contribution in [3.63, 3.8) is 0 Å². The number of nitrogens with zero attached hydrogens (tertiary/aromatic N) is 2. The van der Waals surface area contributed by atoms with Gasteiger partial charge in [0.2, 0.25) is 0 Å². The van der Waals surface area contributed by atoms with Gasteiger partial charge in [-0.05, 0) is 66.1 Å². The van der Waals surface area contributed by atoms with Crippen LogP contribution in [0.15, 0.2) is 97.3 Å². The third-order valence-electron chi connectivity index (χ3n) is 5.91. The average molecular weight is 469 g/mol. The molecule has 0 aliphatic carbocycles. The Kier molecular flexibility index (Phi) is 7.73. The summed E-state index contributed by atoms with van der Waals surface area (Å²) in [5, 5.41) is 10.4. The molecule has 0 aliphatic heterocycles. The van der Waals surface area contributed by atoms with Crippen molar-refractivity contribution in [1.82, 2.24) is 9.97 Å². The van der Waals surface area contributed by atoms with Crippen LogP contribution in [0, 0.1) is 0 Å². The number of pyridine rings is 2. The minimum atomic E-state index is -1.17. The number of hydrogen-bond donors (Lipinski definition) is 1. The minimum absolute atomic E-state index is 0.346. The van der Waals surface area contributed by atoms with E-state index in [1.165, 1.54) is 0 Å². The Morgan fingerprint density at radius 3 is 1.54 bits per heavy atom. The summed E-state index contributed by atoms with van der Waals surface area (Å²) in [6.45, 7) is 2.69. The zero-order chi connectivity index (χ0) is 24.5. The second-order valence-electron chi connectivity index (χ2n) is 8.23. The highest BCUT2D eigenvalue weighted by Gasteiger charge is 2.41. The van der Waals surface area contributed by atoms with E-state index in [2.05, 4.69) is 9.97 Å². The molecule has 0 saturated heterocycles. The quantitative estimate of drug-likeness (QED) is 0.299. The molecule has 4 aromatic rings. The topological polar surface area (TPSA) is 81.5 Å². The van der Waals surface area contributed by atoms with E-state index in [4.69, 9.17) is 9.47 Å². The zero-order valence-corrected chi connectivity index (χ0v) is 19.6. The highest BCUT2D eigenvalue weighted by Crippen LogP contribution is 2.39. The van der Waals surface area contributed by atoms with Crippen LogP contribution in [0.2, 0.25) is 0 Å². The first kappa shape index (κ1) is 24.0. The zero-order valence-electron chi connectivity index (χ0n) is 19.6. The number of carboxylic acid groups (broad SMARTS) is 1. The summed E-state index contributed by atoms with van der Waals surface area (Å²) in [4.78, 5) is 21.2. The van der Waals surface area contributed by atoms with Crippen molar-refractivity contribution in [2.75, 3.05) is 0 Å².